The summed E-state index contributed by atoms with van der Waals surface area (Å²) in [7, 11) is -2.04. The number of rotatable bonds is 4. The van der Waals surface area contributed by atoms with Gasteiger partial charge in [0.2, 0.25) is 10.0 Å². The third kappa shape index (κ3) is 3.30. The zero-order valence-electron chi connectivity index (χ0n) is 9.71. The number of likely N-dealkylation sites (N-methyl/N-ethyl adjacent to an activating group) is 1. The second-order valence-electron chi connectivity index (χ2n) is 4.39. The Labute approximate surface area is 96.6 Å². The van der Waals surface area contributed by atoms with Crippen LogP contribution in [-0.4, -0.2) is 37.0 Å². The van der Waals surface area contributed by atoms with Crippen molar-refractivity contribution in [3.63, 3.8) is 0 Å². The molecule has 0 atom stereocenters. The molecule has 0 aliphatic heterocycles. The van der Waals surface area contributed by atoms with E-state index in [0.29, 0.717) is 0 Å². The zero-order chi connectivity index (χ0) is 12.4. The van der Waals surface area contributed by atoms with Gasteiger partial charge in [0.1, 0.15) is 0 Å². The Morgan fingerprint density at radius 3 is 2.19 bits per heavy atom. The highest BCUT2D eigenvalue weighted by molar-refractivity contribution is 7.89. The van der Waals surface area contributed by atoms with E-state index < -0.39 is 15.6 Å². The molecule has 0 unspecified atom stereocenters. The summed E-state index contributed by atoms with van der Waals surface area (Å²) in [6.45, 7) is 3.21. The summed E-state index contributed by atoms with van der Waals surface area (Å²) in [5.74, 6) is 0. The zero-order valence-corrected chi connectivity index (χ0v) is 10.5. The van der Waals surface area contributed by atoms with Crippen molar-refractivity contribution in [2.45, 2.75) is 24.3 Å². The van der Waals surface area contributed by atoms with E-state index in [1.165, 1.54) is 19.2 Å². The first-order valence-corrected chi connectivity index (χ1v) is 6.41. The maximum absolute atomic E-state index is 12.0. The van der Waals surface area contributed by atoms with Crippen molar-refractivity contribution in [1.82, 2.24) is 4.31 Å². The molecule has 0 bridgehead atoms. The fourth-order valence-corrected chi connectivity index (χ4v) is 2.75. The van der Waals surface area contributed by atoms with Crippen molar-refractivity contribution in [2.75, 3.05) is 13.6 Å². The van der Waals surface area contributed by atoms with E-state index in [9.17, 15) is 13.5 Å². The first-order valence-electron chi connectivity index (χ1n) is 4.97. The highest BCUT2D eigenvalue weighted by Crippen LogP contribution is 2.15. The lowest BCUT2D eigenvalue weighted by Gasteiger charge is -2.25. The van der Waals surface area contributed by atoms with Crippen LogP contribution in [0.1, 0.15) is 13.8 Å². The molecule has 1 aromatic rings. The van der Waals surface area contributed by atoms with Gasteiger partial charge < -0.3 is 5.11 Å². The van der Waals surface area contributed by atoms with Crippen LogP contribution in [0.5, 0.6) is 0 Å². The second kappa shape index (κ2) is 4.53. The van der Waals surface area contributed by atoms with Gasteiger partial charge in [-0.15, -0.1) is 0 Å². The summed E-state index contributed by atoms with van der Waals surface area (Å²) in [4.78, 5) is 0.238. The van der Waals surface area contributed by atoms with Crippen LogP contribution in [0, 0.1) is 0 Å². The molecule has 0 fully saturated rings. The van der Waals surface area contributed by atoms with Gasteiger partial charge in [0, 0.05) is 13.6 Å². The normalized spacial score (nSPS) is 13.1. The van der Waals surface area contributed by atoms with Gasteiger partial charge in [-0.1, -0.05) is 18.2 Å². The summed E-state index contributed by atoms with van der Waals surface area (Å²) in [5, 5.41) is 9.59. The van der Waals surface area contributed by atoms with Crippen molar-refractivity contribution in [2.24, 2.45) is 0 Å². The van der Waals surface area contributed by atoms with Crippen molar-refractivity contribution in [1.29, 1.82) is 0 Å². The van der Waals surface area contributed by atoms with Crippen LogP contribution < -0.4 is 0 Å². The Hall–Kier alpha value is -0.910. The molecule has 0 aliphatic rings. The van der Waals surface area contributed by atoms with Gasteiger partial charge in [-0.05, 0) is 26.0 Å². The largest absolute Gasteiger partial charge is 0.389 e. The second-order valence-corrected chi connectivity index (χ2v) is 6.43. The van der Waals surface area contributed by atoms with Gasteiger partial charge >= 0.3 is 0 Å². The van der Waals surface area contributed by atoms with Gasteiger partial charge in [0.15, 0.2) is 0 Å². The molecule has 0 radical (unpaired) electrons. The number of hydrogen-bond acceptors (Lipinski definition) is 3. The monoisotopic (exact) mass is 243 g/mol. The molecule has 0 aliphatic carbocycles. The van der Waals surface area contributed by atoms with E-state index >= 15 is 0 Å². The molecule has 5 heteroatoms. The standard InChI is InChI=1S/C11H17NO3S/c1-11(2,13)9-12(3)16(14,15)10-7-5-4-6-8-10/h4-8,13H,9H2,1-3H3. The van der Waals surface area contributed by atoms with E-state index in [-0.39, 0.29) is 11.4 Å². The van der Waals surface area contributed by atoms with Gasteiger partial charge in [-0.2, -0.15) is 4.31 Å². The average molecular weight is 243 g/mol. The summed E-state index contributed by atoms with van der Waals surface area (Å²) in [6.07, 6.45) is 0. The van der Waals surface area contributed by atoms with Gasteiger partial charge in [-0.3, -0.25) is 0 Å². The number of nitrogens with zero attached hydrogens (tertiary/aromatic N) is 1. The topological polar surface area (TPSA) is 57.6 Å². The van der Waals surface area contributed by atoms with Crippen LogP contribution >= 0.6 is 0 Å². The molecule has 0 aromatic heterocycles. The third-order valence-corrected chi connectivity index (χ3v) is 3.88. The van der Waals surface area contributed by atoms with Crippen LogP contribution in [0.15, 0.2) is 35.2 Å². The highest BCUT2D eigenvalue weighted by Gasteiger charge is 2.25. The van der Waals surface area contributed by atoms with Crippen LogP contribution in [0.25, 0.3) is 0 Å². The van der Waals surface area contributed by atoms with Crippen molar-refractivity contribution >= 4 is 10.0 Å². The number of benzene rings is 1. The summed E-state index contributed by atoms with van der Waals surface area (Å²) < 4.78 is 25.2. The molecule has 0 saturated heterocycles. The fourth-order valence-electron chi connectivity index (χ4n) is 1.40. The average Bonchev–Trinajstić information content (AvgIpc) is 2.16. The molecule has 4 nitrogen and oxygen atoms in total. The van der Waals surface area contributed by atoms with Gasteiger partial charge in [0.05, 0.1) is 10.5 Å². The Morgan fingerprint density at radius 2 is 1.75 bits per heavy atom. The van der Waals surface area contributed by atoms with E-state index in [1.807, 2.05) is 0 Å². The summed E-state index contributed by atoms with van der Waals surface area (Å²) in [6, 6.07) is 8.18. The minimum Gasteiger partial charge on any atom is -0.389 e. The summed E-state index contributed by atoms with van der Waals surface area (Å²) in [5.41, 5.74) is -1.05. The molecule has 0 amide bonds. The Bertz CT molecular complexity index is 434. The van der Waals surface area contributed by atoms with Gasteiger partial charge in [0.25, 0.3) is 0 Å². The molecule has 90 valence electrons. The molecular weight excluding hydrogens is 226 g/mol. The van der Waals surface area contributed by atoms with Gasteiger partial charge in [-0.25, -0.2) is 8.42 Å². The molecule has 0 saturated carbocycles. The lowest BCUT2D eigenvalue weighted by Crippen LogP contribution is -2.39. The molecule has 16 heavy (non-hydrogen) atoms. The lowest BCUT2D eigenvalue weighted by molar-refractivity contribution is 0.0640. The first kappa shape index (κ1) is 13.2. The van der Waals surface area contributed by atoms with Crippen LogP contribution in [0.3, 0.4) is 0 Å². The van der Waals surface area contributed by atoms with Crippen LogP contribution in [0.2, 0.25) is 0 Å². The van der Waals surface area contributed by atoms with Crippen molar-refractivity contribution in [3.8, 4) is 0 Å². The van der Waals surface area contributed by atoms with Crippen LogP contribution in [-0.2, 0) is 10.0 Å². The molecule has 0 heterocycles. The smallest absolute Gasteiger partial charge is 0.242 e. The summed E-state index contributed by atoms with van der Waals surface area (Å²) >= 11 is 0. The number of aliphatic hydroxyl groups is 1. The number of sulfonamides is 1. The van der Waals surface area contributed by atoms with Crippen molar-refractivity contribution in [3.05, 3.63) is 30.3 Å². The predicted octanol–water partition coefficient (Wildman–Crippen LogP) is 1.08. The minimum atomic E-state index is -3.50. The quantitative estimate of drug-likeness (QED) is 0.861. The van der Waals surface area contributed by atoms with E-state index in [2.05, 4.69) is 0 Å². The predicted molar refractivity (Wildman–Crippen MR) is 62.6 cm³/mol. The maximum Gasteiger partial charge on any atom is 0.242 e. The molecule has 1 aromatic carbocycles. The Balaban J connectivity index is 2.96. The van der Waals surface area contributed by atoms with E-state index in [4.69, 9.17) is 0 Å². The highest BCUT2D eigenvalue weighted by atomic mass is 32.2. The molecule has 1 rings (SSSR count). The number of hydrogen-bond donors (Lipinski definition) is 1. The van der Waals surface area contributed by atoms with Crippen LogP contribution in [0.4, 0.5) is 0 Å². The molecular formula is C11H17NO3S. The van der Waals surface area contributed by atoms with E-state index in [0.717, 1.165) is 4.31 Å². The third-order valence-electron chi connectivity index (χ3n) is 2.06. The Morgan fingerprint density at radius 1 is 1.25 bits per heavy atom. The van der Waals surface area contributed by atoms with E-state index in [1.54, 1.807) is 32.0 Å². The maximum atomic E-state index is 12.0. The molecule has 1 N–H and O–H groups in total. The molecule has 0 spiro atoms. The van der Waals surface area contributed by atoms with Crippen molar-refractivity contribution < 1.29 is 13.5 Å². The lowest BCUT2D eigenvalue weighted by atomic mass is 10.1. The SMILES string of the molecule is CN(CC(C)(C)O)S(=O)(=O)c1ccccc1. The minimum absolute atomic E-state index is 0.0597. The Kier molecular flexibility index (Phi) is 3.72. The first-order chi connectivity index (χ1) is 7.23. The fraction of sp³-hybridized carbons (Fsp3) is 0.455.